The molecule has 4 atom stereocenters. The SMILES string of the molecule is Nc1ncnc2c1ncn2[C@H]1O[C@@H](C(=O)O)[C@@H](O)[C@@H]1O. The van der Waals surface area contributed by atoms with Crippen molar-refractivity contribution in [1.29, 1.82) is 0 Å². The maximum absolute atomic E-state index is 10.9. The Morgan fingerprint density at radius 2 is 2.05 bits per heavy atom. The van der Waals surface area contributed by atoms with Crippen LogP contribution < -0.4 is 5.73 Å². The average Bonchev–Trinajstić information content (AvgIpc) is 2.94. The number of hydrogen-bond donors (Lipinski definition) is 4. The molecule has 5 N–H and O–H groups in total. The smallest absolute Gasteiger partial charge is 0.335 e. The van der Waals surface area contributed by atoms with Crippen molar-refractivity contribution in [1.82, 2.24) is 19.5 Å². The lowest BCUT2D eigenvalue weighted by Gasteiger charge is -2.16. The zero-order chi connectivity index (χ0) is 14.4. The van der Waals surface area contributed by atoms with E-state index in [-0.39, 0.29) is 11.5 Å². The van der Waals surface area contributed by atoms with Gasteiger partial charge in [0.1, 0.15) is 24.1 Å². The number of carbonyl (C=O) groups is 1. The highest BCUT2D eigenvalue weighted by atomic mass is 16.6. The maximum atomic E-state index is 10.9. The highest BCUT2D eigenvalue weighted by Gasteiger charge is 2.47. The van der Waals surface area contributed by atoms with Gasteiger partial charge in [0.2, 0.25) is 0 Å². The third-order valence-electron chi connectivity index (χ3n) is 3.14. The van der Waals surface area contributed by atoms with Crippen LogP contribution in [0.2, 0.25) is 0 Å². The van der Waals surface area contributed by atoms with Crippen molar-refractivity contribution in [2.24, 2.45) is 0 Å². The van der Waals surface area contributed by atoms with Crippen molar-refractivity contribution in [2.45, 2.75) is 24.5 Å². The third kappa shape index (κ3) is 1.70. The number of aliphatic hydroxyl groups excluding tert-OH is 2. The van der Waals surface area contributed by atoms with Crippen LogP contribution in [0.25, 0.3) is 11.2 Å². The van der Waals surface area contributed by atoms with E-state index < -0.39 is 30.5 Å². The first-order chi connectivity index (χ1) is 9.50. The number of imidazole rings is 1. The van der Waals surface area contributed by atoms with E-state index in [1.807, 2.05) is 0 Å². The molecule has 0 bridgehead atoms. The Hall–Kier alpha value is -2.30. The Bertz CT molecular complexity index is 673. The van der Waals surface area contributed by atoms with E-state index in [9.17, 15) is 15.0 Å². The second-order valence-corrected chi connectivity index (χ2v) is 4.35. The number of nitrogens with two attached hydrogens (primary N) is 1. The lowest BCUT2D eigenvalue weighted by atomic mass is 10.1. The average molecular weight is 281 g/mol. The molecule has 20 heavy (non-hydrogen) atoms. The fraction of sp³-hybridized carbons (Fsp3) is 0.400. The van der Waals surface area contributed by atoms with Crippen LogP contribution in [0.5, 0.6) is 0 Å². The summed E-state index contributed by atoms with van der Waals surface area (Å²) in [7, 11) is 0. The van der Waals surface area contributed by atoms with Gasteiger partial charge in [0.25, 0.3) is 0 Å². The summed E-state index contributed by atoms with van der Waals surface area (Å²) in [6.07, 6.45) is -3.11. The molecule has 3 rings (SSSR count). The van der Waals surface area contributed by atoms with E-state index in [1.54, 1.807) is 0 Å². The minimum atomic E-state index is -1.55. The van der Waals surface area contributed by atoms with Crippen molar-refractivity contribution in [3.63, 3.8) is 0 Å². The fourth-order valence-electron chi connectivity index (χ4n) is 2.15. The summed E-state index contributed by atoms with van der Waals surface area (Å²) in [5, 5.41) is 28.5. The number of anilines is 1. The highest BCUT2D eigenvalue weighted by Crippen LogP contribution is 2.31. The largest absolute Gasteiger partial charge is 0.479 e. The number of hydrogen-bond acceptors (Lipinski definition) is 8. The standard InChI is InChI=1S/C10H11N5O5/c11-7-3-8(13-1-12-7)15(2-14-3)9-5(17)4(16)6(20-9)10(18)19/h1-2,4-6,9,16-17H,(H,18,19)(H2,11,12,13)/t4-,5-,6+,9-/m0/s1. The van der Waals surface area contributed by atoms with Crippen LogP contribution in [0.3, 0.4) is 0 Å². The Morgan fingerprint density at radius 1 is 1.30 bits per heavy atom. The molecule has 3 heterocycles. The van der Waals surface area contributed by atoms with Gasteiger partial charge in [-0.1, -0.05) is 0 Å². The second-order valence-electron chi connectivity index (χ2n) is 4.35. The molecule has 0 spiro atoms. The summed E-state index contributed by atoms with van der Waals surface area (Å²) < 4.78 is 6.47. The first-order valence-corrected chi connectivity index (χ1v) is 5.68. The number of ether oxygens (including phenoxy) is 1. The number of nitrogen functional groups attached to an aromatic ring is 1. The molecule has 0 unspecified atom stereocenters. The molecule has 1 aliphatic heterocycles. The summed E-state index contributed by atoms with van der Waals surface area (Å²) in [6.45, 7) is 0. The molecular weight excluding hydrogens is 270 g/mol. The number of aliphatic hydroxyl groups is 2. The molecule has 10 heteroatoms. The van der Waals surface area contributed by atoms with Gasteiger partial charge in [-0.25, -0.2) is 19.7 Å². The topological polar surface area (TPSA) is 157 Å². The predicted octanol–water partition coefficient (Wildman–Crippen LogP) is -1.89. The zero-order valence-corrected chi connectivity index (χ0v) is 9.99. The monoisotopic (exact) mass is 281 g/mol. The number of aliphatic carboxylic acids is 1. The minimum absolute atomic E-state index is 0.150. The van der Waals surface area contributed by atoms with Gasteiger partial charge in [0, 0.05) is 0 Å². The first kappa shape index (κ1) is 12.7. The van der Waals surface area contributed by atoms with Crippen molar-refractivity contribution in [3.8, 4) is 0 Å². The number of aromatic nitrogens is 4. The summed E-state index contributed by atoms with van der Waals surface area (Å²) in [4.78, 5) is 22.6. The van der Waals surface area contributed by atoms with Gasteiger partial charge in [0.05, 0.1) is 6.33 Å². The van der Waals surface area contributed by atoms with E-state index in [1.165, 1.54) is 17.2 Å². The Morgan fingerprint density at radius 3 is 2.70 bits per heavy atom. The molecule has 10 nitrogen and oxygen atoms in total. The third-order valence-corrected chi connectivity index (χ3v) is 3.14. The summed E-state index contributed by atoms with van der Waals surface area (Å²) in [6, 6.07) is 0. The van der Waals surface area contributed by atoms with Gasteiger partial charge < -0.3 is 25.8 Å². The van der Waals surface area contributed by atoms with Crippen LogP contribution in [0.1, 0.15) is 6.23 Å². The predicted molar refractivity (Wildman–Crippen MR) is 63.3 cm³/mol. The lowest BCUT2D eigenvalue weighted by Crippen LogP contribution is -2.35. The van der Waals surface area contributed by atoms with Crippen molar-refractivity contribution < 1.29 is 24.9 Å². The van der Waals surface area contributed by atoms with Crippen LogP contribution >= 0.6 is 0 Å². The van der Waals surface area contributed by atoms with Gasteiger partial charge in [-0.3, -0.25) is 4.57 Å². The van der Waals surface area contributed by atoms with Crippen LogP contribution in [0, 0.1) is 0 Å². The van der Waals surface area contributed by atoms with Gasteiger partial charge in [-0.05, 0) is 0 Å². The molecule has 1 fully saturated rings. The number of fused-ring (bicyclic) bond motifs is 1. The van der Waals surface area contributed by atoms with Gasteiger partial charge in [0.15, 0.2) is 23.8 Å². The molecule has 0 saturated carbocycles. The normalized spacial score (nSPS) is 29.9. The van der Waals surface area contributed by atoms with E-state index in [0.29, 0.717) is 5.52 Å². The molecule has 0 aliphatic carbocycles. The van der Waals surface area contributed by atoms with Gasteiger partial charge >= 0.3 is 5.97 Å². The van der Waals surface area contributed by atoms with Crippen LogP contribution in [-0.4, -0.2) is 59.1 Å². The van der Waals surface area contributed by atoms with E-state index >= 15 is 0 Å². The molecule has 2 aromatic heterocycles. The van der Waals surface area contributed by atoms with E-state index in [2.05, 4.69) is 15.0 Å². The van der Waals surface area contributed by atoms with Crippen molar-refractivity contribution in [2.75, 3.05) is 5.73 Å². The van der Waals surface area contributed by atoms with Crippen LogP contribution in [-0.2, 0) is 9.53 Å². The van der Waals surface area contributed by atoms with Crippen molar-refractivity contribution >= 4 is 23.0 Å². The zero-order valence-electron chi connectivity index (χ0n) is 9.99. The van der Waals surface area contributed by atoms with Gasteiger partial charge in [-0.15, -0.1) is 0 Å². The van der Waals surface area contributed by atoms with Crippen LogP contribution in [0.4, 0.5) is 5.82 Å². The second kappa shape index (κ2) is 4.37. The molecule has 106 valence electrons. The molecule has 1 aliphatic rings. The van der Waals surface area contributed by atoms with Crippen molar-refractivity contribution in [3.05, 3.63) is 12.7 Å². The summed E-state index contributed by atoms with van der Waals surface area (Å²) in [5.41, 5.74) is 6.21. The number of nitrogens with zero attached hydrogens (tertiary/aromatic N) is 4. The fourth-order valence-corrected chi connectivity index (χ4v) is 2.15. The highest BCUT2D eigenvalue weighted by molar-refractivity contribution is 5.81. The van der Waals surface area contributed by atoms with Gasteiger partial charge in [-0.2, -0.15) is 0 Å². The molecule has 0 amide bonds. The Labute approximate surface area is 111 Å². The summed E-state index contributed by atoms with van der Waals surface area (Å²) >= 11 is 0. The molecule has 0 radical (unpaired) electrons. The molecule has 2 aromatic rings. The molecule has 0 aromatic carbocycles. The minimum Gasteiger partial charge on any atom is -0.479 e. The quantitative estimate of drug-likeness (QED) is 0.494. The van der Waals surface area contributed by atoms with E-state index in [0.717, 1.165) is 0 Å². The number of rotatable bonds is 2. The molecule has 1 saturated heterocycles. The Kier molecular flexibility index (Phi) is 2.78. The number of carboxylic acid groups (broad SMARTS) is 1. The van der Waals surface area contributed by atoms with E-state index in [4.69, 9.17) is 15.6 Å². The number of carboxylic acids is 1. The first-order valence-electron chi connectivity index (χ1n) is 5.68. The Balaban J connectivity index is 2.04. The maximum Gasteiger partial charge on any atom is 0.335 e. The summed E-state index contributed by atoms with van der Waals surface area (Å²) in [5.74, 6) is -1.21. The van der Waals surface area contributed by atoms with Crippen LogP contribution in [0.15, 0.2) is 12.7 Å². The molecular formula is C10H11N5O5. The lowest BCUT2D eigenvalue weighted by molar-refractivity contribution is -0.155.